The minimum atomic E-state index is 0.802. The normalized spacial score (nSPS) is 17.9. The molecule has 0 aromatic carbocycles. The van der Waals surface area contributed by atoms with E-state index in [4.69, 9.17) is 6.42 Å². The maximum Gasteiger partial charge on any atom is 0.0596 e. The number of hydrogen-bond donors (Lipinski definition) is 0. The fraction of sp³-hybridized carbons (Fsp3) is 0.750. The molecule has 1 rings (SSSR count). The molecule has 1 heteroatoms. The summed E-state index contributed by atoms with van der Waals surface area (Å²) in [6, 6.07) is 0. The van der Waals surface area contributed by atoms with E-state index in [1.165, 1.54) is 19.4 Å². The summed E-state index contributed by atoms with van der Waals surface area (Å²) in [6.45, 7) is 2.00. The van der Waals surface area contributed by atoms with Crippen LogP contribution in [-0.4, -0.2) is 25.0 Å². The molecule has 0 aliphatic heterocycles. The molecule has 1 aliphatic rings. The van der Waals surface area contributed by atoms with Crippen molar-refractivity contribution in [1.29, 1.82) is 0 Å². The van der Waals surface area contributed by atoms with Gasteiger partial charge in [0.05, 0.1) is 6.54 Å². The topological polar surface area (TPSA) is 3.24 Å². The third-order valence-corrected chi connectivity index (χ3v) is 1.63. The largest absolute Gasteiger partial charge is 0.295 e. The lowest BCUT2D eigenvalue weighted by atomic mass is 10.4. The van der Waals surface area contributed by atoms with E-state index in [0.29, 0.717) is 0 Å². The molecule has 0 aromatic heterocycles. The van der Waals surface area contributed by atoms with E-state index in [1.807, 2.05) is 0 Å². The predicted octanol–water partition coefficient (Wildman–Crippen LogP) is 0.961. The zero-order valence-corrected chi connectivity index (χ0v) is 5.93. The van der Waals surface area contributed by atoms with Crippen molar-refractivity contribution >= 4 is 0 Å². The molecule has 1 nitrogen and oxygen atoms in total. The van der Waals surface area contributed by atoms with Gasteiger partial charge in [-0.25, -0.2) is 0 Å². The Hall–Kier alpha value is -0.480. The lowest BCUT2D eigenvalue weighted by Crippen LogP contribution is -2.20. The van der Waals surface area contributed by atoms with Gasteiger partial charge in [-0.05, 0) is 25.8 Å². The average molecular weight is 123 g/mol. The molecule has 9 heavy (non-hydrogen) atoms. The first-order chi connectivity index (χ1) is 4.33. The van der Waals surface area contributed by atoms with Crippen LogP contribution < -0.4 is 0 Å². The van der Waals surface area contributed by atoms with Crippen LogP contribution in [-0.2, 0) is 0 Å². The zero-order chi connectivity index (χ0) is 6.69. The molecule has 0 heterocycles. The van der Waals surface area contributed by atoms with Crippen molar-refractivity contribution in [1.82, 2.24) is 4.90 Å². The van der Waals surface area contributed by atoms with E-state index in [9.17, 15) is 0 Å². The van der Waals surface area contributed by atoms with Crippen LogP contribution in [0.25, 0.3) is 0 Å². The Kier molecular flexibility index (Phi) is 2.13. The Morgan fingerprint density at radius 2 is 2.33 bits per heavy atom. The van der Waals surface area contributed by atoms with Crippen LogP contribution in [0.5, 0.6) is 0 Å². The van der Waals surface area contributed by atoms with Gasteiger partial charge in [0.1, 0.15) is 0 Å². The van der Waals surface area contributed by atoms with Gasteiger partial charge in [0, 0.05) is 6.54 Å². The smallest absolute Gasteiger partial charge is 0.0596 e. The Morgan fingerprint density at radius 1 is 1.67 bits per heavy atom. The van der Waals surface area contributed by atoms with Gasteiger partial charge in [-0.3, -0.25) is 4.90 Å². The molecule has 0 spiro atoms. The summed E-state index contributed by atoms with van der Waals surface area (Å²) in [6.07, 6.45) is 7.96. The number of rotatable bonds is 3. The molecule has 50 valence electrons. The first-order valence-electron chi connectivity index (χ1n) is 3.45. The third kappa shape index (κ3) is 2.53. The van der Waals surface area contributed by atoms with Gasteiger partial charge in [-0.15, -0.1) is 6.42 Å². The first-order valence-corrected chi connectivity index (χ1v) is 3.45. The van der Waals surface area contributed by atoms with Crippen molar-refractivity contribution in [2.24, 2.45) is 5.92 Å². The van der Waals surface area contributed by atoms with Gasteiger partial charge < -0.3 is 0 Å². The maximum atomic E-state index is 5.13. The highest BCUT2D eigenvalue weighted by Crippen LogP contribution is 2.28. The van der Waals surface area contributed by atoms with E-state index in [-0.39, 0.29) is 0 Å². The van der Waals surface area contributed by atoms with Crippen LogP contribution in [0.15, 0.2) is 0 Å². The fourth-order valence-corrected chi connectivity index (χ4v) is 0.962. The molecule has 0 N–H and O–H groups in total. The zero-order valence-electron chi connectivity index (χ0n) is 5.93. The Bertz CT molecular complexity index is 119. The lowest BCUT2D eigenvalue weighted by molar-refractivity contribution is 0.359. The van der Waals surface area contributed by atoms with Crippen LogP contribution in [0, 0.1) is 18.3 Å². The average Bonchev–Trinajstić information content (AvgIpc) is 2.50. The van der Waals surface area contributed by atoms with Crippen molar-refractivity contribution in [3.8, 4) is 12.3 Å². The second-order valence-electron chi connectivity index (χ2n) is 2.84. The van der Waals surface area contributed by atoms with Gasteiger partial charge in [0.25, 0.3) is 0 Å². The highest BCUT2D eigenvalue weighted by Gasteiger charge is 2.21. The molecular formula is C8H13N. The first kappa shape index (κ1) is 6.64. The predicted molar refractivity (Wildman–Crippen MR) is 39.1 cm³/mol. The van der Waals surface area contributed by atoms with Gasteiger partial charge in [0.2, 0.25) is 0 Å². The molecule has 0 bridgehead atoms. The van der Waals surface area contributed by atoms with Crippen molar-refractivity contribution in [3.63, 3.8) is 0 Å². The summed E-state index contributed by atoms with van der Waals surface area (Å²) in [5.74, 6) is 3.59. The maximum absolute atomic E-state index is 5.13. The number of terminal acetylenes is 1. The van der Waals surface area contributed by atoms with Crippen LogP contribution in [0.3, 0.4) is 0 Å². The fourth-order valence-electron chi connectivity index (χ4n) is 0.962. The van der Waals surface area contributed by atoms with Gasteiger partial charge >= 0.3 is 0 Å². The molecule has 1 fully saturated rings. The van der Waals surface area contributed by atoms with Gasteiger partial charge in [-0.2, -0.15) is 0 Å². The SMILES string of the molecule is C#CCN(C)CC1CC1. The standard InChI is InChI=1S/C8H13N/c1-3-6-9(2)7-8-4-5-8/h1,8H,4-7H2,2H3. The van der Waals surface area contributed by atoms with E-state index >= 15 is 0 Å². The van der Waals surface area contributed by atoms with Crippen LogP contribution in [0.4, 0.5) is 0 Å². The summed E-state index contributed by atoms with van der Waals surface area (Å²) in [5.41, 5.74) is 0. The molecular weight excluding hydrogens is 110 g/mol. The molecule has 0 unspecified atom stereocenters. The van der Waals surface area contributed by atoms with E-state index in [0.717, 1.165) is 12.5 Å². The van der Waals surface area contributed by atoms with E-state index in [2.05, 4.69) is 17.9 Å². The summed E-state index contributed by atoms with van der Waals surface area (Å²) >= 11 is 0. The van der Waals surface area contributed by atoms with Crippen molar-refractivity contribution in [3.05, 3.63) is 0 Å². The van der Waals surface area contributed by atoms with E-state index in [1.54, 1.807) is 0 Å². The summed E-state index contributed by atoms with van der Waals surface area (Å²) in [5, 5.41) is 0. The van der Waals surface area contributed by atoms with Crippen LogP contribution >= 0.6 is 0 Å². The third-order valence-electron chi connectivity index (χ3n) is 1.63. The highest BCUT2D eigenvalue weighted by molar-refractivity contribution is 4.88. The summed E-state index contributed by atoms with van der Waals surface area (Å²) in [4.78, 5) is 2.21. The minimum absolute atomic E-state index is 0.802. The quantitative estimate of drug-likeness (QED) is 0.505. The molecule has 0 amide bonds. The van der Waals surface area contributed by atoms with Crippen LogP contribution in [0.1, 0.15) is 12.8 Å². The van der Waals surface area contributed by atoms with Crippen molar-refractivity contribution in [2.45, 2.75) is 12.8 Å². The number of hydrogen-bond acceptors (Lipinski definition) is 1. The number of nitrogens with zero attached hydrogens (tertiary/aromatic N) is 1. The molecule has 0 aromatic rings. The van der Waals surface area contributed by atoms with Gasteiger partial charge in [0.15, 0.2) is 0 Å². The summed E-state index contributed by atoms with van der Waals surface area (Å²) < 4.78 is 0. The monoisotopic (exact) mass is 123 g/mol. The van der Waals surface area contributed by atoms with E-state index < -0.39 is 0 Å². The van der Waals surface area contributed by atoms with Crippen molar-refractivity contribution < 1.29 is 0 Å². The molecule has 0 radical (unpaired) electrons. The van der Waals surface area contributed by atoms with Crippen LogP contribution in [0.2, 0.25) is 0 Å². The molecule has 1 saturated carbocycles. The molecule has 0 atom stereocenters. The minimum Gasteiger partial charge on any atom is -0.295 e. The highest BCUT2D eigenvalue weighted by atomic mass is 15.1. The Labute approximate surface area is 57.0 Å². The lowest BCUT2D eigenvalue weighted by Gasteiger charge is -2.10. The second kappa shape index (κ2) is 2.89. The summed E-state index contributed by atoms with van der Waals surface area (Å²) in [7, 11) is 2.08. The Balaban J connectivity index is 2.03. The van der Waals surface area contributed by atoms with Crippen molar-refractivity contribution in [2.75, 3.05) is 20.1 Å². The van der Waals surface area contributed by atoms with Gasteiger partial charge in [-0.1, -0.05) is 5.92 Å². The second-order valence-corrected chi connectivity index (χ2v) is 2.84. The Morgan fingerprint density at radius 3 is 2.78 bits per heavy atom. The molecule has 1 aliphatic carbocycles. The molecule has 0 saturated heterocycles.